The van der Waals surface area contributed by atoms with Gasteiger partial charge in [0.25, 0.3) is 0 Å². The molecule has 2 aromatic heterocycles. The largest absolute Gasteiger partial charge is 0.384 e. The molecule has 0 radical (unpaired) electrons. The van der Waals surface area contributed by atoms with Gasteiger partial charge in [0.15, 0.2) is 0 Å². The lowest BCUT2D eigenvalue weighted by Crippen LogP contribution is -2.40. The van der Waals surface area contributed by atoms with Crippen LogP contribution in [0.4, 0.5) is 0 Å². The molecule has 4 heteroatoms. The van der Waals surface area contributed by atoms with E-state index in [-0.39, 0.29) is 0 Å². The molecule has 2 aromatic rings. The van der Waals surface area contributed by atoms with E-state index in [1.165, 1.54) is 5.56 Å². The molecule has 0 saturated carbocycles. The smallest absolute Gasteiger partial charge is 0.1000 e. The molecule has 2 atom stereocenters. The van der Waals surface area contributed by atoms with E-state index in [1.54, 1.807) is 22.7 Å². The average molecular weight is 281 g/mol. The van der Waals surface area contributed by atoms with Crippen LogP contribution in [0.5, 0.6) is 0 Å². The molecule has 0 aliphatic carbocycles. The van der Waals surface area contributed by atoms with Gasteiger partial charge >= 0.3 is 0 Å². The summed E-state index contributed by atoms with van der Waals surface area (Å²) in [4.78, 5) is 0. The summed E-state index contributed by atoms with van der Waals surface area (Å²) in [5, 5.41) is 22.1. The molecule has 0 aliphatic heterocycles. The zero-order valence-corrected chi connectivity index (χ0v) is 12.4. The van der Waals surface area contributed by atoms with Gasteiger partial charge in [-0.05, 0) is 65.0 Å². The van der Waals surface area contributed by atoms with Gasteiger partial charge in [-0.25, -0.2) is 0 Å². The maximum atomic E-state index is 10.4. The highest BCUT2D eigenvalue weighted by molar-refractivity contribution is 7.08. The van der Waals surface area contributed by atoms with Crippen molar-refractivity contribution in [3.8, 4) is 0 Å². The van der Waals surface area contributed by atoms with E-state index >= 15 is 0 Å². The van der Waals surface area contributed by atoms with Crippen LogP contribution in [-0.2, 0) is 12.0 Å². The van der Waals surface area contributed by atoms with Crippen molar-refractivity contribution < 1.29 is 5.11 Å². The molecular weight excluding hydrogens is 262 g/mol. The summed E-state index contributed by atoms with van der Waals surface area (Å²) >= 11 is 3.35. The Balaban J connectivity index is 1.84. The van der Waals surface area contributed by atoms with Crippen molar-refractivity contribution in [3.05, 3.63) is 44.8 Å². The normalized spacial score (nSPS) is 16.4. The fourth-order valence-corrected chi connectivity index (χ4v) is 3.34. The van der Waals surface area contributed by atoms with Crippen molar-refractivity contribution in [1.29, 1.82) is 0 Å². The van der Waals surface area contributed by atoms with Crippen LogP contribution in [0, 0.1) is 0 Å². The first kappa shape index (κ1) is 13.7. The van der Waals surface area contributed by atoms with Crippen LogP contribution in [0.1, 0.15) is 25.0 Å². The minimum atomic E-state index is -0.789. The molecular formula is C14H19NOS2. The summed E-state index contributed by atoms with van der Waals surface area (Å²) in [6.07, 6.45) is 1.00. The number of hydrogen-bond acceptors (Lipinski definition) is 4. The number of aliphatic hydroxyl groups is 1. The van der Waals surface area contributed by atoms with Crippen molar-refractivity contribution >= 4 is 22.7 Å². The van der Waals surface area contributed by atoms with Gasteiger partial charge in [-0.15, -0.1) is 0 Å². The van der Waals surface area contributed by atoms with Gasteiger partial charge in [0.1, 0.15) is 0 Å². The molecule has 0 saturated heterocycles. The van der Waals surface area contributed by atoms with E-state index in [2.05, 4.69) is 29.1 Å². The van der Waals surface area contributed by atoms with Gasteiger partial charge in [0.05, 0.1) is 5.60 Å². The fourth-order valence-electron chi connectivity index (χ4n) is 1.88. The van der Waals surface area contributed by atoms with Crippen molar-refractivity contribution in [2.45, 2.75) is 31.9 Å². The number of rotatable bonds is 6. The van der Waals surface area contributed by atoms with Gasteiger partial charge in [-0.1, -0.05) is 0 Å². The molecule has 18 heavy (non-hydrogen) atoms. The minimum absolute atomic E-state index is 0.365. The van der Waals surface area contributed by atoms with Gasteiger partial charge in [-0.3, -0.25) is 0 Å². The Labute approximate surface area is 116 Å². The Morgan fingerprint density at radius 2 is 2.00 bits per heavy atom. The minimum Gasteiger partial charge on any atom is -0.384 e. The highest BCUT2D eigenvalue weighted by atomic mass is 32.1. The predicted octanol–water partition coefficient (Wildman–Crippen LogP) is 3.24. The van der Waals surface area contributed by atoms with Crippen LogP contribution in [0.3, 0.4) is 0 Å². The van der Waals surface area contributed by atoms with Gasteiger partial charge in [-0.2, -0.15) is 22.7 Å². The zero-order valence-electron chi connectivity index (χ0n) is 10.7. The van der Waals surface area contributed by atoms with E-state index in [1.807, 2.05) is 23.8 Å². The van der Waals surface area contributed by atoms with Crippen molar-refractivity contribution in [2.24, 2.45) is 0 Å². The number of nitrogens with one attached hydrogen (secondary N) is 1. The third-order valence-electron chi connectivity index (χ3n) is 3.06. The van der Waals surface area contributed by atoms with E-state index in [4.69, 9.17) is 0 Å². The second-order valence-electron chi connectivity index (χ2n) is 4.90. The summed E-state index contributed by atoms with van der Waals surface area (Å²) in [6, 6.07) is 4.50. The number of hydrogen-bond donors (Lipinski definition) is 2. The molecule has 0 spiro atoms. The van der Waals surface area contributed by atoms with Gasteiger partial charge < -0.3 is 10.4 Å². The third kappa shape index (κ3) is 3.65. The maximum Gasteiger partial charge on any atom is 0.1000 e. The first-order valence-electron chi connectivity index (χ1n) is 6.07. The molecule has 0 aliphatic rings. The summed E-state index contributed by atoms with van der Waals surface area (Å²) < 4.78 is 0. The van der Waals surface area contributed by atoms with Crippen LogP contribution in [0.15, 0.2) is 33.7 Å². The number of thiophene rings is 2. The second-order valence-corrected chi connectivity index (χ2v) is 6.46. The lowest BCUT2D eigenvalue weighted by molar-refractivity contribution is 0.0548. The van der Waals surface area contributed by atoms with Crippen molar-refractivity contribution in [2.75, 3.05) is 6.54 Å². The average Bonchev–Trinajstić information content (AvgIpc) is 2.99. The Bertz CT molecular complexity index is 448. The van der Waals surface area contributed by atoms with Crippen LogP contribution >= 0.6 is 22.7 Å². The first-order chi connectivity index (χ1) is 8.58. The van der Waals surface area contributed by atoms with Crippen LogP contribution < -0.4 is 5.32 Å². The molecule has 0 amide bonds. The SMILES string of the molecule is CC(Cc1ccsc1)NCC(C)(O)c1ccsc1. The van der Waals surface area contributed by atoms with E-state index in [0.717, 1.165) is 12.0 Å². The quantitative estimate of drug-likeness (QED) is 0.852. The first-order valence-corrected chi connectivity index (χ1v) is 7.96. The van der Waals surface area contributed by atoms with E-state index in [0.29, 0.717) is 12.6 Å². The Morgan fingerprint density at radius 1 is 1.28 bits per heavy atom. The maximum absolute atomic E-state index is 10.4. The van der Waals surface area contributed by atoms with Crippen LogP contribution in [0.25, 0.3) is 0 Å². The molecule has 2 N–H and O–H groups in total. The molecule has 0 bridgehead atoms. The topological polar surface area (TPSA) is 32.3 Å². The third-order valence-corrected chi connectivity index (χ3v) is 4.48. The standard InChI is InChI=1S/C14H19NOS2/c1-11(7-12-3-5-17-8-12)15-10-14(2,16)13-4-6-18-9-13/h3-6,8-9,11,15-16H,7,10H2,1-2H3. The van der Waals surface area contributed by atoms with Crippen LogP contribution in [-0.4, -0.2) is 17.7 Å². The van der Waals surface area contributed by atoms with E-state index < -0.39 is 5.60 Å². The van der Waals surface area contributed by atoms with Gasteiger partial charge in [0, 0.05) is 12.6 Å². The summed E-state index contributed by atoms with van der Waals surface area (Å²) in [7, 11) is 0. The highest BCUT2D eigenvalue weighted by Crippen LogP contribution is 2.22. The molecule has 0 fully saturated rings. The van der Waals surface area contributed by atoms with Crippen LogP contribution in [0.2, 0.25) is 0 Å². The fraction of sp³-hybridized carbons (Fsp3) is 0.429. The molecule has 0 aromatic carbocycles. The molecule has 2 rings (SSSR count). The second kappa shape index (κ2) is 5.97. The zero-order chi connectivity index (χ0) is 13.0. The van der Waals surface area contributed by atoms with Gasteiger partial charge in [0.2, 0.25) is 0 Å². The van der Waals surface area contributed by atoms with E-state index in [9.17, 15) is 5.11 Å². The predicted molar refractivity (Wildman–Crippen MR) is 79.4 cm³/mol. The molecule has 2 unspecified atom stereocenters. The monoisotopic (exact) mass is 281 g/mol. The Kier molecular flexibility index (Phi) is 4.56. The lowest BCUT2D eigenvalue weighted by Gasteiger charge is -2.25. The summed E-state index contributed by atoms with van der Waals surface area (Å²) in [5.41, 5.74) is 1.56. The van der Waals surface area contributed by atoms with Crippen molar-refractivity contribution in [3.63, 3.8) is 0 Å². The molecule has 2 heterocycles. The van der Waals surface area contributed by atoms with Crippen molar-refractivity contribution in [1.82, 2.24) is 5.32 Å². The Hall–Kier alpha value is -0.680. The summed E-state index contributed by atoms with van der Waals surface area (Å²) in [5.74, 6) is 0. The molecule has 2 nitrogen and oxygen atoms in total. The highest BCUT2D eigenvalue weighted by Gasteiger charge is 2.23. The Morgan fingerprint density at radius 3 is 2.61 bits per heavy atom. The summed E-state index contributed by atoms with van der Waals surface area (Å²) in [6.45, 7) is 4.59. The molecule has 98 valence electrons. The lowest BCUT2D eigenvalue weighted by atomic mass is 9.98.